The van der Waals surface area contributed by atoms with Crippen LogP contribution in [0.3, 0.4) is 0 Å². The van der Waals surface area contributed by atoms with E-state index in [1.807, 2.05) is 13.0 Å². The minimum Gasteiger partial charge on any atom is -0.398 e. The third-order valence-electron chi connectivity index (χ3n) is 0.827. The molecule has 0 aromatic rings. The zero-order valence-corrected chi connectivity index (χ0v) is 6.98. The number of hydrogen-bond donors (Lipinski definition) is 1. The maximum atomic E-state index is 5.51. The smallest absolute Gasteiger partial charge is 0.0454 e. The second-order valence-corrected chi connectivity index (χ2v) is 2.35. The Morgan fingerprint density at radius 2 is 2.22 bits per heavy atom. The second kappa shape index (κ2) is 4.39. The van der Waals surface area contributed by atoms with Gasteiger partial charge in [0.1, 0.15) is 0 Å². The lowest BCUT2D eigenvalue weighted by Crippen LogP contribution is -1.94. The molecule has 0 atom stereocenters. The quantitative estimate of drug-likeness (QED) is 0.661. The normalized spacial score (nSPS) is 13.6. The molecule has 0 bridgehead atoms. The van der Waals surface area contributed by atoms with Gasteiger partial charge in [0.05, 0.1) is 0 Å². The van der Waals surface area contributed by atoms with Crippen LogP contribution in [0.15, 0.2) is 35.0 Å². The Morgan fingerprint density at radius 1 is 1.67 bits per heavy atom. The van der Waals surface area contributed by atoms with Gasteiger partial charge >= 0.3 is 0 Å². The molecule has 0 aromatic heterocycles. The van der Waals surface area contributed by atoms with Crippen LogP contribution in [0.2, 0.25) is 0 Å². The Kier molecular flexibility index (Phi) is 4.14. The van der Waals surface area contributed by atoms with E-state index in [0.29, 0.717) is 5.70 Å². The van der Waals surface area contributed by atoms with Crippen molar-refractivity contribution in [2.45, 2.75) is 6.92 Å². The maximum absolute atomic E-state index is 5.51. The lowest BCUT2D eigenvalue weighted by Gasteiger charge is -1.93. The van der Waals surface area contributed by atoms with Gasteiger partial charge in [-0.15, -0.1) is 0 Å². The summed E-state index contributed by atoms with van der Waals surface area (Å²) < 4.78 is 0.905. The molecule has 0 saturated heterocycles. The molecule has 2 N–H and O–H groups in total. The highest BCUT2D eigenvalue weighted by Gasteiger charge is 1.89. The Balaban J connectivity index is 4.19. The number of nitrogens with two attached hydrogens (primary N) is 1. The predicted molar refractivity (Wildman–Crippen MR) is 45.2 cm³/mol. The number of halogens is 1. The molecule has 0 aromatic carbocycles. The summed E-state index contributed by atoms with van der Waals surface area (Å²) in [7, 11) is 0. The van der Waals surface area contributed by atoms with Crippen LogP contribution in [0, 0.1) is 0 Å². The van der Waals surface area contributed by atoms with Gasteiger partial charge in [0.15, 0.2) is 0 Å². The fourth-order valence-electron chi connectivity index (χ4n) is 0.373. The molecule has 9 heavy (non-hydrogen) atoms. The molecule has 0 rings (SSSR count). The highest BCUT2D eigenvalue weighted by molar-refractivity contribution is 9.11. The highest BCUT2D eigenvalue weighted by Crippen LogP contribution is 2.10. The lowest BCUT2D eigenvalue weighted by molar-refractivity contribution is 1.40. The number of rotatable bonds is 2. The molecular weight excluding hydrogens is 178 g/mol. The van der Waals surface area contributed by atoms with Crippen LogP contribution >= 0.6 is 15.9 Å². The topological polar surface area (TPSA) is 26.0 Å². The van der Waals surface area contributed by atoms with E-state index in [0.717, 1.165) is 4.48 Å². The summed E-state index contributed by atoms with van der Waals surface area (Å²) in [5.74, 6) is 0. The van der Waals surface area contributed by atoms with Gasteiger partial charge in [-0.2, -0.15) is 0 Å². The first-order valence-corrected chi connectivity index (χ1v) is 3.42. The number of allylic oxidation sites excluding steroid dienone is 4. The van der Waals surface area contributed by atoms with Gasteiger partial charge in [-0.1, -0.05) is 18.7 Å². The second-order valence-electron chi connectivity index (χ2n) is 1.49. The summed E-state index contributed by atoms with van der Waals surface area (Å²) in [6, 6.07) is 0. The minimum absolute atomic E-state index is 0.701. The standard InChI is InChI=1S/C7H10BrN/c1-3-5-7(9)6(8)4-2/h3-5H,1,9H2,2H3/b6-4+,7-5+. The van der Waals surface area contributed by atoms with Crippen molar-refractivity contribution >= 4 is 15.9 Å². The van der Waals surface area contributed by atoms with Gasteiger partial charge in [-0.3, -0.25) is 0 Å². The van der Waals surface area contributed by atoms with E-state index in [9.17, 15) is 0 Å². The molecule has 0 aliphatic heterocycles. The van der Waals surface area contributed by atoms with E-state index >= 15 is 0 Å². The molecule has 0 amide bonds. The molecule has 0 unspecified atom stereocenters. The minimum atomic E-state index is 0.701. The van der Waals surface area contributed by atoms with Crippen molar-refractivity contribution in [2.75, 3.05) is 0 Å². The predicted octanol–water partition coefficient (Wildman–Crippen LogP) is 2.31. The van der Waals surface area contributed by atoms with E-state index in [4.69, 9.17) is 5.73 Å². The molecule has 0 spiro atoms. The summed E-state index contributed by atoms with van der Waals surface area (Å²) in [6.45, 7) is 5.42. The van der Waals surface area contributed by atoms with E-state index in [1.165, 1.54) is 0 Å². The van der Waals surface area contributed by atoms with Gasteiger partial charge in [0, 0.05) is 10.2 Å². The molecule has 0 fully saturated rings. The largest absolute Gasteiger partial charge is 0.398 e. The summed E-state index contributed by atoms with van der Waals surface area (Å²) in [6.07, 6.45) is 5.28. The van der Waals surface area contributed by atoms with E-state index in [1.54, 1.807) is 12.2 Å². The molecule has 0 aliphatic carbocycles. The molecule has 50 valence electrons. The van der Waals surface area contributed by atoms with Crippen LogP contribution in [-0.2, 0) is 0 Å². The SMILES string of the molecule is C=C/C=C(N)\C(Br)=C/C. The van der Waals surface area contributed by atoms with Crippen LogP contribution in [0.4, 0.5) is 0 Å². The van der Waals surface area contributed by atoms with E-state index in [2.05, 4.69) is 22.5 Å². The first kappa shape index (κ1) is 8.50. The summed E-state index contributed by atoms with van der Waals surface area (Å²) >= 11 is 3.26. The molecule has 0 aliphatic rings. The molecule has 2 heteroatoms. The molecular formula is C7H10BrN. The third kappa shape index (κ3) is 3.14. The average molecular weight is 188 g/mol. The van der Waals surface area contributed by atoms with Crippen molar-refractivity contribution in [1.29, 1.82) is 0 Å². The van der Waals surface area contributed by atoms with Crippen molar-refractivity contribution in [3.63, 3.8) is 0 Å². The first-order chi connectivity index (χ1) is 4.22. The average Bonchev–Trinajstić information content (AvgIpc) is 1.87. The Labute approximate surface area is 64.1 Å². The molecule has 0 heterocycles. The van der Waals surface area contributed by atoms with Crippen molar-refractivity contribution in [2.24, 2.45) is 5.73 Å². The van der Waals surface area contributed by atoms with Crippen LogP contribution < -0.4 is 5.73 Å². The van der Waals surface area contributed by atoms with Crippen LogP contribution in [0.1, 0.15) is 6.92 Å². The summed E-state index contributed by atoms with van der Waals surface area (Å²) in [5.41, 5.74) is 6.21. The monoisotopic (exact) mass is 187 g/mol. The Bertz CT molecular complexity index is 156. The Morgan fingerprint density at radius 3 is 2.56 bits per heavy atom. The lowest BCUT2D eigenvalue weighted by atomic mass is 10.3. The van der Waals surface area contributed by atoms with E-state index in [-0.39, 0.29) is 0 Å². The van der Waals surface area contributed by atoms with Crippen molar-refractivity contribution in [3.05, 3.63) is 35.0 Å². The van der Waals surface area contributed by atoms with Gasteiger partial charge in [0.25, 0.3) is 0 Å². The first-order valence-electron chi connectivity index (χ1n) is 2.62. The molecule has 0 radical (unpaired) electrons. The Hall–Kier alpha value is -0.500. The van der Waals surface area contributed by atoms with E-state index < -0.39 is 0 Å². The van der Waals surface area contributed by atoms with Gasteiger partial charge in [-0.25, -0.2) is 0 Å². The van der Waals surface area contributed by atoms with Gasteiger partial charge in [0.2, 0.25) is 0 Å². The van der Waals surface area contributed by atoms with Crippen LogP contribution in [-0.4, -0.2) is 0 Å². The van der Waals surface area contributed by atoms with Gasteiger partial charge in [-0.05, 0) is 28.9 Å². The zero-order valence-electron chi connectivity index (χ0n) is 5.39. The fourth-order valence-corrected chi connectivity index (χ4v) is 0.505. The molecule has 0 saturated carbocycles. The summed E-state index contributed by atoms with van der Waals surface area (Å²) in [4.78, 5) is 0. The van der Waals surface area contributed by atoms with Crippen molar-refractivity contribution < 1.29 is 0 Å². The summed E-state index contributed by atoms with van der Waals surface area (Å²) in [5, 5.41) is 0. The van der Waals surface area contributed by atoms with Crippen LogP contribution in [0.5, 0.6) is 0 Å². The zero-order chi connectivity index (χ0) is 7.28. The van der Waals surface area contributed by atoms with Crippen molar-refractivity contribution in [3.8, 4) is 0 Å². The number of hydrogen-bond acceptors (Lipinski definition) is 1. The third-order valence-corrected chi connectivity index (χ3v) is 1.74. The highest BCUT2D eigenvalue weighted by atomic mass is 79.9. The maximum Gasteiger partial charge on any atom is 0.0454 e. The van der Waals surface area contributed by atoms with Gasteiger partial charge < -0.3 is 5.73 Å². The van der Waals surface area contributed by atoms with Crippen molar-refractivity contribution in [1.82, 2.24) is 0 Å². The van der Waals surface area contributed by atoms with Crippen LogP contribution in [0.25, 0.3) is 0 Å². The molecule has 1 nitrogen and oxygen atoms in total. The fraction of sp³-hybridized carbons (Fsp3) is 0.143.